The molecular formula is C12H18N2. The molecule has 0 bridgehead atoms. The minimum atomic E-state index is 0.188. The third kappa shape index (κ3) is 1.44. The fraction of sp³-hybridized carbons (Fsp3) is 0.583. The molecular weight excluding hydrogens is 172 g/mol. The molecule has 2 atom stereocenters. The van der Waals surface area contributed by atoms with Gasteiger partial charge in [0.05, 0.1) is 0 Å². The Morgan fingerprint density at radius 1 is 1.57 bits per heavy atom. The van der Waals surface area contributed by atoms with Gasteiger partial charge in [-0.05, 0) is 37.9 Å². The molecule has 2 unspecified atom stereocenters. The second kappa shape index (κ2) is 3.35. The molecule has 2 rings (SSSR count). The van der Waals surface area contributed by atoms with Gasteiger partial charge in [0.1, 0.15) is 0 Å². The molecule has 2 heteroatoms. The maximum atomic E-state index is 4.21. The van der Waals surface area contributed by atoms with Crippen LogP contribution in [0.2, 0.25) is 0 Å². The van der Waals surface area contributed by atoms with Crippen molar-refractivity contribution >= 4 is 0 Å². The molecule has 1 fully saturated rings. The van der Waals surface area contributed by atoms with E-state index in [-0.39, 0.29) is 5.54 Å². The Balaban J connectivity index is 2.33. The van der Waals surface area contributed by atoms with Crippen molar-refractivity contribution in [2.75, 3.05) is 13.6 Å². The summed E-state index contributed by atoms with van der Waals surface area (Å²) < 4.78 is 0. The normalized spacial score (nSPS) is 33.5. The first-order valence-corrected chi connectivity index (χ1v) is 5.24. The van der Waals surface area contributed by atoms with E-state index in [0.717, 1.165) is 5.92 Å². The summed E-state index contributed by atoms with van der Waals surface area (Å²) in [7, 11) is 2.20. The Labute approximate surface area is 86.0 Å². The smallest absolute Gasteiger partial charge is 0.0447 e. The third-order valence-corrected chi connectivity index (χ3v) is 3.46. The Morgan fingerprint density at radius 3 is 2.86 bits per heavy atom. The summed E-state index contributed by atoms with van der Waals surface area (Å²) in [6.07, 6.45) is 5.06. The lowest BCUT2D eigenvalue weighted by Gasteiger charge is -2.32. The number of likely N-dealkylation sites (tertiary alicyclic amines) is 1. The van der Waals surface area contributed by atoms with Crippen molar-refractivity contribution in [3.05, 3.63) is 30.1 Å². The second-order valence-corrected chi connectivity index (χ2v) is 4.71. The molecule has 0 aliphatic carbocycles. The van der Waals surface area contributed by atoms with Gasteiger partial charge >= 0.3 is 0 Å². The van der Waals surface area contributed by atoms with Crippen LogP contribution in [0.3, 0.4) is 0 Å². The predicted molar refractivity (Wildman–Crippen MR) is 58.0 cm³/mol. The van der Waals surface area contributed by atoms with Gasteiger partial charge in [0, 0.05) is 24.5 Å². The van der Waals surface area contributed by atoms with Crippen molar-refractivity contribution in [1.29, 1.82) is 0 Å². The van der Waals surface area contributed by atoms with E-state index in [9.17, 15) is 0 Å². The number of rotatable bonds is 1. The highest BCUT2D eigenvalue weighted by atomic mass is 15.2. The van der Waals surface area contributed by atoms with Crippen LogP contribution in [0.1, 0.15) is 25.8 Å². The lowest BCUT2D eigenvalue weighted by Crippen LogP contribution is -2.35. The van der Waals surface area contributed by atoms with E-state index in [4.69, 9.17) is 0 Å². The number of aromatic nitrogens is 1. The second-order valence-electron chi connectivity index (χ2n) is 4.71. The molecule has 1 aliphatic rings. The van der Waals surface area contributed by atoms with E-state index in [1.165, 1.54) is 18.5 Å². The monoisotopic (exact) mass is 190 g/mol. The summed E-state index contributed by atoms with van der Waals surface area (Å²) in [6, 6.07) is 4.21. The molecule has 0 saturated carbocycles. The Hall–Kier alpha value is -0.890. The molecule has 1 aromatic heterocycles. The number of hydrogen-bond donors (Lipinski definition) is 0. The maximum Gasteiger partial charge on any atom is 0.0447 e. The molecule has 14 heavy (non-hydrogen) atoms. The van der Waals surface area contributed by atoms with E-state index in [1.807, 2.05) is 18.5 Å². The topological polar surface area (TPSA) is 16.1 Å². The van der Waals surface area contributed by atoms with Gasteiger partial charge in [0.25, 0.3) is 0 Å². The van der Waals surface area contributed by atoms with E-state index in [0.29, 0.717) is 0 Å². The molecule has 1 saturated heterocycles. The van der Waals surface area contributed by atoms with Crippen LogP contribution in [-0.4, -0.2) is 23.5 Å². The zero-order valence-electron chi connectivity index (χ0n) is 9.20. The molecule has 2 nitrogen and oxygen atoms in total. The number of nitrogens with zero attached hydrogens (tertiary/aromatic N) is 2. The van der Waals surface area contributed by atoms with Crippen LogP contribution >= 0.6 is 0 Å². The van der Waals surface area contributed by atoms with Crippen molar-refractivity contribution in [2.45, 2.75) is 25.8 Å². The highest BCUT2D eigenvalue weighted by Crippen LogP contribution is 2.39. The molecule has 0 amide bonds. The van der Waals surface area contributed by atoms with Crippen molar-refractivity contribution in [2.24, 2.45) is 5.92 Å². The summed E-state index contributed by atoms with van der Waals surface area (Å²) >= 11 is 0. The molecule has 1 aliphatic heterocycles. The highest BCUT2D eigenvalue weighted by molar-refractivity contribution is 5.21. The molecule has 1 aromatic rings. The van der Waals surface area contributed by atoms with Crippen LogP contribution in [0.5, 0.6) is 0 Å². The summed E-state index contributed by atoms with van der Waals surface area (Å²) in [5, 5.41) is 0. The van der Waals surface area contributed by atoms with Crippen LogP contribution in [0.15, 0.2) is 24.5 Å². The Morgan fingerprint density at radius 2 is 2.36 bits per heavy atom. The first-order chi connectivity index (χ1) is 6.63. The van der Waals surface area contributed by atoms with Gasteiger partial charge in [-0.3, -0.25) is 9.88 Å². The molecule has 0 aromatic carbocycles. The lowest BCUT2D eigenvalue weighted by molar-refractivity contribution is 0.197. The SMILES string of the molecule is CC1CN(C)C(C)(c2cccnc2)C1. The van der Waals surface area contributed by atoms with Gasteiger partial charge in [0.2, 0.25) is 0 Å². The van der Waals surface area contributed by atoms with Crippen LogP contribution in [0, 0.1) is 5.92 Å². The maximum absolute atomic E-state index is 4.21. The number of hydrogen-bond acceptors (Lipinski definition) is 2. The largest absolute Gasteiger partial charge is 0.297 e. The van der Waals surface area contributed by atoms with E-state index < -0.39 is 0 Å². The van der Waals surface area contributed by atoms with Gasteiger partial charge in [-0.1, -0.05) is 13.0 Å². The molecule has 0 N–H and O–H groups in total. The van der Waals surface area contributed by atoms with Crippen molar-refractivity contribution < 1.29 is 0 Å². The summed E-state index contributed by atoms with van der Waals surface area (Å²) in [4.78, 5) is 6.65. The third-order valence-electron chi connectivity index (χ3n) is 3.46. The highest BCUT2D eigenvalue weighted by Gasteiger charge is 2.39. The molecule has 0 spiro atoms. The first kappa shape index (κ1) is 9.66. The fourth-order valence-corrected chi connectivity index (χ4v) is 2.59. The summed E-state index contributed by atoms with van der Waals surface area (Å²) in [5.41, 5.74) is 1.53. The van der Waals surface area contributed by atoms with E-state index in [2.05, 4.69) is 36.8 Å². The lowest BCUT2D eigenvalue weighted by atomic mass is 9.88. The van der Waals surface area contributed by atoms with E-state index in [1.54, 1.807) is 0 Å². The summed E-state index contributed by atoms with van der Waals surface area (Å²) in [6.45, 7) is 5.82. The van der Waals surface area contributed by atoms with Crippen molar-refractivity contribution in [1.82, 2.24) is 9.88 Å². The average Bonchev–Trinajstić information content (AvgIpc) is 2.43. The van der Waals surface area contributed by atoms with Crippen LogP contribution in [0.25, 0.3) is 0 Å². The zero-order valence-corrected chi connectivity index (χ0v) is 9.20. The van der Waals surface area contributed by atoms with Gasteiger partial charge in [-0.15, -0.1) is 0 Å². The average molecular weight is 190 g/mol. The molecule has 2 heterocycles. The Bertz CT molecular complexity index is 309. The van der Waals surface area contributed by atoms with E-state index >= 15 is 0 Å². The fourth-order valence-electron chi connectivity index (χ4n) is 2.59. The molecule has 76 valence electrons. The minimum absolute atomic E-state index is 0.188. The van der Waals surface area contributed by atoms with Gasteiger partial charge < -0.3 is 0 Å². The predicted octanol–water partition coefficient (Wildman–Crippen LogP) is 2.27. The number of pyridine rings is 1. The van der Waals surface area contributed by atoms with Crippen molar-refractivity contribution in [3.63, 3.8) is 0 Å². The van der Waals surface area contributed by atoms with Gasteiger partial charge in [0.15, 0.2) is 0 Å². The van der Waals surface area contributed by atoms with Gasteiger partial charge in [-0.2, -0.15) is 0 Å². The Kier molecular flexibility index (Phi) is 2.31. The molecule has 0 radical (unpaired) electrons. The minimum Gasteiger partial charge on any atom is -0.297 e. The van der Waals surface area contributed by atoms with Crippen LogP contribution < -0.4 is 0 Å². The first-order valence-electron chi connectivity index (χ1n) is 5.24. The van der Waals surface area contributed by atoms with Crippen molar-refractivity contribution in [3.8, 4) is 0 Å². The van der Waals surface area contributed by atoms with Gasteiger partial charge in [-0.25, -0.2) is 0 Å². The van der Waals surface area contributed by atoms with Crippen LogP contribution in [-0.2, 0) is 5.54 Å². The standard InChI is InChI=1S/C12H18N2/c1-10-7-12(2,14(3)9-10)11-5-4-6-13-8-11/h4-6,8,10H,7,9H2,1-3H3. The quantitative estimate of drug-likeness (QED) is 0.675. The van der Waals surface area contributed by atoms with Crippen LogP contribution in [0.4, 0.5) is 0 Å². The summed E-state index contributed by atoms with van der Waals surface area (Å²) in [5.74, 6) is 0.783. The zero-order chi connectivity index (χ0) is 10.2.